The van der Waals surface area contributed by atoms with E-state index in [0.29, 0.717) is 0 Å². The lowest BCUT2D eigenvalue weighted by Gasteiger charge is -2.32. The average Bonchev–Trinajstić information content (AvgIpc) is 2.67. The van der Waals surface area contributed by atoms with E-state index >= 15 is 0 Å². The summed E-state index contributed by atoms with van der Waals surface area (Å²) in [4.78, 5) is 11.7. The van der Waals surface area contributed by atoms with Crippen LogP contribution in [0.2, 0.25) is 0 Å². The predicted octanol–water partition coefficient (Wildman–Crippen LogP) is 3.44. The molecule has 110 valence electrons. The van der Waals surface area contributed by atoms with E-state index < -0.39 is 17.3 Å². The van der Waals surface area contributed by atoms with E-state index in [-0.39, 0.29) is 11.6 Å². The number of nitrogens with one attached hydrogen (secondary N) is 1. The van der Waals surface area contributed by atoms with Crippen molar-refractivity contribution < 1.29 is 14.3 Å². The molecule has 1 aliphatic carbocycles. The molecule has 0 bridgehead atoms. The minimum atomic E-state index is -1.37. The molecular formula is C16H22FNO2. The predicted molar refractivity (Wildman–Crippen MR) is 76.0 cm³/mol. The van der Waals surface area contributed by atoms with Crippen molar-refractivity contribution in [1.82, 2.24) is 5.32 Å². The summed E-state index contributed by atoms with van der Waals surface area (Å²) < 4.78 is 14.0. The van der Waals surface area contributed by atoms with Crippen LogP contribution in [0.4, 0.5) is 4.39 Å². The molecule has 0 radical (unpaired) electrons. The normalized spacial score (nSPS) is 20.1. The third kappa shape index (κ3) is 3.18. The van der Waals surface area contributed by atoms with Crippen LogP contribution in [0.3, 0.4) is 0 Å². The molecule has 2 N–H and O–H groups in total. The Balaban J connectivity index is 2.25. The summed E-state index contributed by atoms with van der Waals surface area (Å²) in [6.07, 6.45) is 6.51. The van der Waals surface area contributed by atoms with E-state index in [1.807, 2.05) is 0 Å². The third-order valence-electron chi connectivity index (χ3n) is 4.19. The van der Waals surface area contributed by atoms with Crippen LogP contribution in [0.25, 0.3) is 0 Å². The highest BCUT2D eigenvalue weighted by molar-refractivity contribution is 5.80. The molecule has 0 aromatic heterocycles. The number of hydrogen-bond acceptors (Lipinski definition) is 2. The molecule has 1 saturated carbocycles. The molecule has 2 rings (SSSR count). The Kier molecular flexibility index (Phi) is 4.76. The van der Waals surface area contributed by atoms with Crippen molar-refractivity contribution >= 4 is 5.97 Å². The Labute approximate surface area is 119 Å². The lowest BCUT2D eigenvalue weighted by atomic mass is 9.89. The van der Waals surface area contributed by atoms with Crippen molar-refractivity contribution in [3.8, 4) is 0 Å². The van der Waals surface area contributed by atoms with Crippen molar-refractivity contribution in [2.45, 2.75) is 57.0 Å². The van der Waals surface area contributed by atoms with Crippen molar-refractivity contribution in [2.24, 2.45) is 0 Å². The molecule has 1 atom stereocenters. The molecule has 20 heavy (non-hydrogen) atoms. The first-order valence-corrected chi connectivity index (χ1v) is 7.30. The number of aliphatic carboxylic acids is 1. The van der Waals surface area contributed by atoms with Crippen LogP contribution in [0.15, 0.2) is 24.3 Å². The van der Waals surface area contributed by atoms with Gasteiger partial charge in [0.25, 0.3) is 0 Å². The van der Waals surface area contributed by atoms with Gasteiger partial charge in [-0.1, -0.05) is 43.9 Å². The number of halogens is 1. The highest BCUT2D eigenvalue weighted by atomic mass is 19.1. The maximum atomic E-state index is 14.0. The van der Waals surface area contributed by atoms with Crippen LogP contribution in [-0.4, -0.2) is 17.1 Å². The molecule has 1 unspecified atom stereocenters. The van der Waals surface area contributed by atoms with Gasteiger partial charge in [0, 0.05) is 11.6 Å². The molecule has 1 aromatic carbocycles. The van der Waals surface area contributed by atoms with E-state index in [9.17, 15) is 14.3 Å². The maximum Gasteiger partial charge on any atom is 0.328 e. The van der Waals surface area contributed by atoms with Gasteiger partial charge in [0.2, 0.25) is 0 Å². The minimum Gasteiger partial charge on any atom is -0.480 e. The van der Waals surface area contributed by atoms with Crippen molar-refractivity contribution in [3.05, 3.63) is 35.6 Å². The Hall–Kier alpha value is -1.42. The minimum absolute atomic E-state index is 0.137. The molecular weight excluding hydrogens is 257 g/mol. The molecule has 0 amide bonds. The standard InChI is InChI=1S/C16H22FNO2/c1-16(15(19)20,13-10-6-7-11-14(13)17)18-12-8-4-2-3-5-9-12/h6-7,10-12,18H,2-5,8-9H2,1H3,(H,19,20). The first kappa shape index (κ1) is 15.0. The number of hydrogen-bond donors (Lipinski definition) is 2. The van der Waals surface area contributed by atoms with Crippen LogP contribution >= 0.6 is 0 Å². The highest BCUT2D eigenvalue weighted by Crippen LogP contribution is 2.27. The van der Waals surface area contributed by atoms with E-state index in [0.717, 1.165) is 25.7 Å². The van der Waals surface area contributed by atoms with Gasteiger partial charge in [-0.15, -0.1) is 0 Å². The maximum absolute atomic E-state index is 14.0. The monoisotopic (exact) mass is 279 g/mol. The van der Waals surface area contributed by atoms with Gasteiger partial charge in [-0.3, -0.25) is 5.32 Å². The molecule has 3 nitrogen and oxygen atoms in total. The van der Waals surface area contributed by atoms with E-state index in [4.69, 9.17) is 0 Å². The van der Waals surface area contributed by atoms with Crippen LogP contribution in [0, 0.1) is 5.82 Å². The summed E-state index contributed by atoms with van der Waals surface area (Å²) in [6.45, 7) is 1.55. The second-order valence-electron chi connectivity index (χ2n) is 5.74. The summed E-state index contributed by atoms with van der Waals surface area (Å²) in [7, 11) is 0. The SMILES string of the molecule is CC(NC1CCCCCC1)(C(=O)O)c1ccccc1F. The van der Waals surface area contributed by atoms with Gasteiger partial charge in [-0.05, 0) is 25.8 Å². The number of carboxylic acids is 1. The fraction of sp³-hybridized carbons (Fsp3) is 0.562. The molecule has 0 spiro atoms. The largest absolute Gasteiger partial charge is 0.480 e. The van der Waals surface area contributed by atoms with Gasteiger partial charge < -0.3 is 5.11 Å². The molecule has 0 saturated heterocycles. The molecule has 1 aliphatic rings. The zero-order valence-corrected chi connectivity index (χ0v) is 11.9. The molecule has 1 fully saturated rings. The summed E-state index contributed by atoms with van der Waals surface area (Å²) in [5, 5.41) is 12.8. The average molecular weight is 279 g/mol. The fourth-order valence-corrected chi connectivity index (χ4v) is 2.95. The second kappa shape index (κ2) is 6.35. The summed E-state index contributed by atoms with van der Waals surface area (Å²) in [5.74, 6) is -1.51. The lowest BCUT2D eigenvalue weighted by Crippen LogP contribution is -2.51. The van der Waals surface area contributed by atoms with Gasteiger partial charge in [0.1, 0.15) is 11.4 Å². The van der Waals surface area contributed by atoms with Gasteiger partial charge in [-0.25, -0.2) is 9.18 Å². The Morgan fingerprint density at radius 3 is 2.40 bits per heavy atom. The Morgan fingerprint density at radius 1 is 1.25 bits per heavy atom. The molecule has 1 aromatic rings. The molecule has 4 heteroatoms. The van der Waals surface area contributed by atoms with Gasteiger partial charge >= 0.3 is 5.97 Å². The topological polar surface area (TPSA) is 49.3 Å². The third-order valence-corrected chi connectivity index (χ3v) is 4.19. The number of benzene rings is 1. The molecule has 0 heterocycles. The number of carbonyl (C=O) groups is 1. The number of rotatable bonds is 4. The van der Waals surface area contributed by atoms with Crippen LogP contribution < -0.4 is 5.32 Å². The van der Waals surface area contributed by atoms with Crippen molar-refractivity contribution in [1.29, 1.82) is 0 Å². The van der Waals surface area contributed by atoms with Crippen molar-refractivity contribution in [2.75, 3.05) is 0 Å². The van der Waals surface area contributed by atoms with Crippen LogP contribution in [0.1, 0.15) is 51.0 Å². The first-order chi connectivity index (χ1) is 9.54. The molecule has 0 aliphatic heterocycles. The van der Waals surface area contributed by atoms with Crippen molar-refractivity contribution in [3.63, 3.8) is 0 Å². The highest BCUT2D eigenvalue weighted by Gasteiger charge is 2.39. The first-order valence-electron chi connectivity index (χ1n) is 7.30. The Morgan fingerprint density at radius 2 is 1.85 bits per heavy atom. The number of carboxylic acid groups (broad SMARTS) is 1. The summed E-state index contributed by atoms with van der Waals surface area (Å²) in [6, 6.07) is 6.25. The fourth-order valence-electron chi connectivity index (χ4n) is 2.95. The van der Waals surface area contributed by atoms with Crippen LogP contribution in [0.5, 0.6) is 0 Å². The van der Waals surface area contributed by atoms with Gasteiger partial charge in [0.05, 0.1) is 0 Å². The quantitative estimate of drug-likeness (QED) is 0.830. The summed E-state index contributed by atoms with van der Waals surface area (Å²) in [5.41, 5.74) is -1.17. The van der Waals surface area contributed by atoms with E-state index in [1.54, 1.807) is 25.1 Å². The van der Waals surface area contributed by atoms with E-state index in [2.05, 4.69) is 5.32 Å². The van der Waals surface area contributed by atoms with Crippen LogP contribution in [-0.2, 0) is 10.3 Å². The lowest BCUT2D eigenvalue weighted by molar-refractivity contribution is -0.145. The zero-order valence-electron chi connectivity index (χ0n) is 11.9. The second-order valence-corrected chi connectivity index (χ2v) is 5.74. The van der Waals surface area contributed by atoms with Gasteiger partial charge in [0.15, 0.2) is 0 Å². The smallest absolute Gasteiger partial charge is 0.328 e. The van der Waals surface area contributed by atoms with Gasteiger partial charge in [-0.2, -0.15) is 0 Å². The zero-order chi connectivity index (χ0) is 14.6. The summed E-state index contributed by atoms with van der Waals surface area (Å²) >= 11 is 0. The van der Waals surface area contributed by atoms with E-state index in [1.165, 1.54) is 18.9 Å². The Bertz CT molecular complexity index is 469.